The molecule has 0 heterocycles. The highest BCUT2D eigenvalue weighted by molar-refractivity contribution is 7.89. The van der Waals surface area contributed by atoms with Gasteiger partial charge in [0.2, 0.25) is 15.9 Å². The topological polar surface area (TPSA) is 66.5 Å². The monoisotopic (exact) mass is 402 g/mol. The summed E-state index contributed by atoms with van der Waals surface area (Å²) in [6.07, 6.45) is 1.41. The Morgan fingerprint density at radius 2 is 1.68 bits per heavy atom. The Labute approximate surface area is 168 Å². The van der Waals surface area contributed by atoms with Crippen LogP contribution in [0.15, 0.2) is 59.5 Å². The molecule has 0 spiro atoms. The van der Waals surface area contributed by atoms with Crippen molar-refractivity contribution in [3.8, 4) is 0 Å². The first kappa shape index (κ1) is 22.1. The van der Waals surface area contributed by atoms with Crippen LogP contribution in [0.25, 0.3) is 0 Å². The molecule has 0 bridgehead atoms. The molecule has 2 rings (SSSR count). The molecular formula is C22H30N2O3S. The second-order valence-electron chi connectivity index (χ2n) is 7.42. The first-order valence-corrected chi connectivity index (χ1v) is 11.1. The molecule has 6 heteroatoms. The standard InChI is InChI=1S/C22H30N2O3S/c1-18(2)13-15-23-22(25)17-24(16-14-20-7-5-4-6-8-20)28(26,27)21-11-9-19(3)10-12-21/h4-12,18H,13-17H2,1-3H3,(H,23,25). The normalized spacial score (nSPS) is 11.8. The van der Waals surface area contributed by atoms with Crippen molar-refractivity contribution in [2.24, 2.45) is 5.92 Å². The van der Waals surface area contributed by atoms with Crippen LogP contribution in [0.4, 0.5) is 0 Å². The maximum atomic E-state index is 13.1. The second-order valence-corrected chi connectivity index (χ2v) is 9.36. The summed E-state index contributed by atoms with van der Waals surface area (Å²) in [5, 5.41) is 2.83. The zero-order valence-electron chi connectivity index (χ0n) is 16.9. The third-order valence-electron chi connectivity index (χ3n) is 4.52. The van der Waals surface area contributed by atoms with Gasteiger partial charge < -0.3 is 5.32 Å². The van der Waals surface area contributed by atoms with Crippen LogP contribution in [-0.2, 0) is 21.2 Å². The summed E-state index contributed by atoms with van der Waals surface area (Å²) in [7, 11) is -3.75. The van der Waals surface area contributed by atoms with Gasteiger partial charge in [0.1, 0.15) is 0 Å². The molecule has 1 amide bonds. The fourth-order valence-electron chi connectivity index (χ4n) is 2.76. The Morgan fingerprint density at radius 1 is 1.04 bits per heavy atom. The van der Waals surface area contributed by atoms with E-state index in [1.165, 1.54) is 4.31 Å². The van der Waals surface area contributed by atoms with Gasteiger partial charge in [0.25, 0.3) is 0 Å². The molecule has 2 aromatic carbocycles. The molecular weight excluding hydrogens is 372 g/mol. The Bertz CT molecular complexity index is 847. The van der Waals surface area contributed by atoms with Gasteiger partial charge >= 0.3 is 0 Å². The zero-order chi connectivity index (χ0) is 20.6. The van der Waals surface area contributed by atoms with Gasteiger partial charge in [-0.15, -0.1) is 0 Å². The highest BCUT2D eigenvalue weighted by Gasteiger charge is 2.26. The summed E-state index contributed by atoms with van der Waals surface area (Å²) < 4.78 is 27.5. The largest absolute Gasteiger partial charge is 0.355 e. The average Bonchev–Trinajstić information content (AvgIpc) is 2.66. The summed E-state index contributed by atoms with van der Waals surface area (Å²) in [6.45, 7) is 6.69. The number of carbonyl (C=O) groups is 1. The van der Waals surface area contributed by atoms with E-state index in [9.17, 15) is 13.2 Å². The van der Waals surface area contributed by atoms with Gasteiger partial charge in [0.15, 0.2) is 0 Å². The van der Waals surface area contributed by atoms with Crippen molar-refractivity contribution in [2.45, 2.75) is 38.5 Å². The highest BCUT2D eigenvalue weighted by atomic mass is 32.2. The van der Waals surface area contributed by atoms with E-state index in [2.05, 4.69) is 19.2 Å². The van der Waals surface area contributed by atoms with Gasteiger partial charge in [-0.2, -0.15) is 4.31 Å². The van der Waals surface area contributed by atoms with Crippen LogP contribution >= 0.6 is 0 Å². The zero-order valence-corrected chi connectivity index (χ0v) is 17.7. The molecule has 2 aromatic rings. The maximum Gasteiger partial charge on any atom is 0.243 e. The van der Waals surface area contributed by atoms with Gasteiger partial charge in [-0.25, -0.2) is 8.42 Å². The number of nitrogens with zero attached hydrogens (tertiary/aromatic N) is 1. The van der Waals surface area contributed by atoms with Crippen molar-refractivity contribution in [3.05, 3.63) is 65.7 Å². The van der Waals surface area contributed by atoms with Crippen LogP contribution in [0.5, 0.6) is 0 Å². The number of carbonyl (C=O) groups excluding carboxylic acids is 1. The number of amides is 1. The number of rotatable bonds is 10. The minimum absolute atomic E-state index is 0.179. The average molecular weight is 403 g/mol. The summed E-state index contributed by atoms with van der Waals surface area (Å²) in [4.78, 5) is 12.6. The Balaban J connectivity index is 2.14. The SMILES string of the molecule is Cc1ccc(S(=O)(=O)N(CCc2ccccc2)CC(=O)NCCC(C)C)cc1. The molecule has 0 aliphatic heterocycles. The van der Waals surface area contributed by atoms with Gasteiger partial charge in [-0.05, 0) is 43.4 Å². The highest BCUT2D eigenvalue weighted by Crippen LogP contribution is 2.17. The van der Waals surface area contributed by atoms with E-state index in [1.807, 2.05) is 37.3 Å². The summed E-state index contributed by atoms with van der Waals surface area (Å²) in [5.74, 6) is 0.204. The minimum atomic E-state index is -3.75. The third-order valence-corrected chi connectivity index (χ3v) is 6.37. The lowest BCUT2D eigenvalue weighted by atomic mass is 10.1. The van der Waals surface area contributed by atoms with Crippen molar-refractivity contribution in [1.29, 1.82) is 0 Å². The van der Waals surface area contributed by atoms with Crippen molar-refractivity contribution < 1.29 is 13.2 Å². The van der Waals surface area contributed by atoms with E-state index in [0.717, 1.165) is 17.5 Å². The molecule has 1 N–H and O–H groups in total. The fraction of sp³-hybridized carbons (Fsp3) is 0.409. The van der Waals surface area contributed by atoms with Crippen LogP contribution in [-0.4, -0.2) is 38.3 Å². The van der Waals surface area contributed by atoms with Crippen LogP contribution in [0.2, 0.25) is 0 Å². The number of hydrogen-bond donors (Lipinski definition) is 1. The molecule has 152 valence electrons. The predicted octanol–water partition coefficient (Wildman–Crippen LogP) is 3.39. The molecule has 0 fully saturated rings. The number of hydrogen-bond acceptors (Lipinski definition) is 3. The van der Waals surface area contributed by atoms with E-state index >= 15 is 0 Å². The Kier molecular flexibility index (Phi) is 8.20. The van der Waals surface area contributed by atoms with E-state index in [-0.39, 0.29) is 23.9 Å². The van der Waals surface area contributed by atoms with Gasteiger partial charge in [0, 0.05) is 13.1 Å². The molecule has 0 radical (unpaired) electrons. The van der Waals surface area contributed by atoms with Crippen LogP contribution in [0.3, 0.4) is 0 Å². The van der Waals surface area contributed by atoms with Gasteiger partial charge in [-0.3, -0.25) is 4.79 Å². The number of nitrogens with one attached hydrogen (secondary N) is 1. The van der Waals surface area contributed by atoms with Crippen molar-refractivity contribution >= 4 is 15.9 Å². The first-order valence-electron chi connectivity index (χ1n) is 9.66. The van der Waals surface area contributed by atoms with Crippen LogP contribution in [0, 0.1) is 12.8 Å². The Hall–Kier alpha value is -2.18. The van der Waals surface area contributed by atoms with Gasteiger partial charge in [-0.1, -0.05) is 61.9 Å². The molecule has 0 saturated heterocycles. The minimum Gasteiger partial charge on any atom is -0.355 e. The lowest BCUT2D eigenvalue weighted by Gasteiger charge is -2.22. The van der Waals surface area contributed by atoms with E-state index < -0.39 is 10.0 Å². The molecule has 28 heavy (non-hydrogen) atoms. The van der Waals surface area contributed by atoms with Crippen LogP contribution < -0.4 is 5.32 Å². The van der Waals surface area contributed by atoms with Crippen molar-refractivity contribution in [2.75, 3.05) is 19.6 Å². The van der Waals surface area contributed by atoms with Crippen molar-refractivity contribution in [1.82, 2.24) is 9.62 Å². The molecule has 0 atom stereocenters. The van der Waals surface area contributed by atoms with Gasteiger partial charge in [0.05, 0.1) is 11.4 Å². The van der Waals surface area contributed by atoms with Crippen LogP contribution in [0.1, 0.15) is 31.4 Å². The molecule has 0 aromatic heterocycles. The number of sulfonamides is 1. The number of benzene rings is 2. The fourth-order valence-corrected chi connectivity index (χ4v) is 4.16. The maximum absolute atomic E-state index is 13.1. The smallest absolute Gasteiger partial charge is 0.243 e. The molecule has 0 saturated carbocycles. The predicted molar refractivity (Wildman–Crippen MR) is 113 cm³/mol. The quantitative estimate of drug-likeness (QED) is 0.662. The molecule has 0 unspecified atom stereocenters. The third kappa shape index (κ3) is 6.77. The Morgan fingerprint density at radius 3 is 2.29 bits per heavy atom. The number of aryl methyl sites for hydroxylation is 1. The van der Waals surface area contributed by atoms with E-state index in [4.69, 9.17) is 0 Å². The molecule has 0 aliphatic carbocycles. The summed E-state index contributed by atoms with van der Waals surface area (Å²) in [5.41, 5.74) is 2.02. The summed E-state index contributed by atoms with van der Waals surface area (Å²) in [6, 6.07) is 16.4. The lowest BCUT2D eigenvalue weighted by Crippen LogP contribution is -2.42. The summed E-state index contributed by atoms with van der Waals surface area (Å²) >= 11 is 0. The van der Waals surface area contributed by atoms with E-state index in [0.29, 0.717) is 18.9 Å². The molecule has 0 aliphatic rings. The van der Waals surface area contributed by atoms with E-state index in [1.54, 1.807) is 24.3 Å². The first-order chi connectivity index (χ1) is 13.3. The lowest BCUT2D eigenvalue weighted by molar-refractivity contribution is -0.121. The van der Waals surface area contributed by atoms with Crippen molar-refractivity contribution in [3.63, 3.8) is 0 Å². The molecule has 5 nitrogen and oxygen atoms in total. The second kappa shape index (κ2) is 10.4.